The van der Waals surface area contributed by atoms with E-state index in [-0.39, 0.29) is 61.9 Å². The molecule has 5 amide bonds. The number of carbonyl (C=O) groups excluding carboxylic acids is 6. The largest absolute Gasteiger partial charge is 0.481 e. The number of amides is 5. The summed E-state index contributed by atoms with van der Waals surface area (Å²) in [5, 5.41) is 18.3. The lowest BCUT2D eigenvalue weighted by Crippen LogP contribution is -2.71. The van der Waals surface area contributed by atoms with Crippen LogP contribution in [0.2, 0.25) is 0 Å². The molecule has 4 N–H and O–H groups in total. The van der Waals surface area contributed by atoms with Crippen molar-refractivity contribution in [2.45, 2.75) is 94.5 Å². The number of likely N-dealkylation sites (N-methyl/N-ethyl adjacent to an activating group) is 1. The van der Waals surface area contributed by atoms with Gasteiger partial charge in [0.1, 0.15) is 24.2 Å². The Bertz CT molecular complexity index is 2200. The SMILES string of the molecule is CN(Cc1ccccc1)C(=O)[C@H](Cc1ccccc1)NC(=O)[C@@H](Cc1cn(C(=O)CCC(=O)O)c2ccccc12)NC(=O)C[C@@H]1NC(=O)[C@@H]2C3CCC(CC3)N2C1=O. The van der Waals surface area contributed by atoms with E-state index in [1.807, 2.05) is 60.7 Å². The summed E-state index contributed by atoms with van der Waals surface area (Å²) in [6, 6.07) is 21.6. The Kier molecular flexibility index (Phi) is 12.0. The zero-order chi connectivity index (χ0) is 40.9. The Balaban J connectivity index is 1.16. The van der Waals surface area contributed by atoms with Crippen LogP contribution in [0.15, 0.2) is 91.1 Å². The highest BCUT2D eigenvalue weighted by molar-refractivity contribution is 6.01. The van der Waals surface area contributed by atoms with Crippen LogP contribution < -0.4 is 16.0 Å². The molecule has 0 unspecified atom stereocenters. The lowest BCUT2D eigenvalue weighted by molar-refractivity contribution is -0.163. The summed E-state index contributed by atoms with van der Waals surface area (Å²) in [4.78, 5) is 97.4. The molecule has 3 aromatic carbocycles. The number of aliphatic carboxylic acids is 1. The van der Waals surface area contributed by atoms with E-state index in [4.69, 9.17) is 0 Å². The third-order valence-electron chi connectivity index (χ3n) is 11.6. The van der Waals surface area contributed by atoms with Gasteiger partial charge in [-0.15, -0.1) is 0 Å². The lowest BCUT2D eigenvalue weighted by Gasteiger charge is -2.53. The maximum absolute atomic E-state index is 14.5. The minimum Gasteiger partial charge on any atom is -0.481 e. The van der Waals surface area contributed by atoms with E-state index in [0.29, 0.717) is 16.5 Å². The summed E-state index contributed by atoms with van der Waals surface area (Å²) in [5.74, 6) is -3.75. The number of carboxylic acid groups (broad SMARTS) is 1. The summed E-state index contributed by atoms with van der Waals surface area (Å²) >= 11 is 0. The summed E-state index contributed by atoms with van der Waals surface area (Å²) in [6.45, 7) is 0.289. The second kappa shape index (κ2) is 17.5. The molecule has 1 aliphatic carbocycles. The number of rotatable bonds is 15. The van der Waals surface area contributed by atoms with Gasteiger partial charge < -0.3 is 30.9 Å². The van der Waals surface area contributed by atoms with Crippen LogP contribution in [0.1, 0.15) is 66.4 Å². The van der Waals surface area contributed by atoms with E-state index in [1.54, 1.807) is 36.2 Å². The number of piperazine rings is 1. The van der Waals surface area contributed by atoms with Crippen LogP contribution in [0.25, 0.3) is 10.9 Å². The number of hydrogen-bond donors (Lipinski definition) is 4. The topological polar surface area (TPSA) is 187 Å². The lowest BCUT2D eigenvalue weighted by atomic mass is 9.73. The van der Waals surface area contributed by atoms with Crippen molar-refractivity contribution in [1.82, 2.24) is 30.3 Å². The van der Waals surface area contributed by atoms with E-state index in [9.17, 15) is 38.7 Å². The summed E-state index contributed by atoms with van der Waals surface area (Å²) < 4.78 is 1.35. The normalized spacial score (nSPS) is 20.7. The standard InChI is InChI=1S/C44H48N6O8/c1-48(25-28-12-6-3-7-13-28)43(57)34(22-27-10-4-2-5-11-27)46-41(55)33(23-30-26-49(38(52)20-21-39(53)54)36-15-9-8-14-32(30)36)45-37(51)24-35-44(58)50-31-18-16-29(17-19-31)40(50)42(56)47-35/h2-15,26,29,31,33-35,40H,16-25H2,1H3,(H,45,51)(H,46,55)(H,47,56)(H,53,54)/t29?,31?,33-,34+,35+,40+/m1/s1. The van der Waals surface area contributed by atoms with Crippen LogP contribution in [0, 0.1) is 5.92 Å². The Labute approximate surface area is 335 Å². The van der Waals surface area contributed by atoms with Gasteiger partial charge in [-0.1, -0.05) is 78.9 Å². The predicted molar refractivity (Wildman–Crippen MR) is 213 cm³/mol. The van der Waals surface area contributed by atoms with Gasteiger partial charge in [0, 0.05) is 50.5 Å². The molecule has 4 atom stereocenters. The number of piperidine rings is 2. The van der Waals surface area contributed by atoms with E-state index >= 15 is 0 Å². The third-order valence-corrected chi connectivity index (χ3v) is 11.6. The van der Waals surface area contributed by atoms with Crippen LogP contribution in [-0.4, -0.2) is 98.1 Å². The van der Waals surface area contributed by atoms with Crippen molar-refractivity contribution in [1.29, 1.82) is 0 Å². The number of benzene rings is 3. The van der Waals surface area contributed by atoms with Gasteiger partial charge in [0.05, 0.1) is 18.4 Å². The molecule has 302 valence electrons. The number of hydrogen-bond acceptors (Lipinski definition) is 7. The quantitative estimate of drug-likeness (QED) is 0.141. The predicted octanol–water partition coefficient (Wildman–Crippen LogP) is 3.22. The molecule has 4 aliphatic rings. The molecule has 4 aromatic rings. The van der Waals surface area contributed by atoms with Crippen molar-refractivity contribution in [2.75, 3.05) is 7.05 Å². The monoisotopic (exact) mass is 788 g/mol. The van der Waals surface area contributed by atoms with Crippen LogP contribution in [0.5, 0.6) is 0 Å². The van der Waals surface area contributed by atoms with E-state index in [2.05, 4.69) is 16.0 Å². The van der Waals surface area contributed by atoms with Crippen molar-refractivity contribution in [2.24, 2.45) is 5.92 Å². The number of fused-ring (bicyclic) bond motifs is 3. The molecule has 14 nitrogen and oxygen atoms in total. The van der Waals surface area contributed by atoms with E-state index < -0.39 is 54.3 Å². The molecule has 3 saturated heterocycles. The molecule has 2 bridgehead atoms. The minimum atomic E-state index is -1.29. The van der Waals surface area contributed by atoms with Crippen LogP contribution in [0.3, 0.4) is 0 Å². The number of nitrogens with zero attached hydrogens (tertiary/aromatic N) is 3. The molecule has 3 aliphatic heterocycles. The van der Waals surface area contributed by atoms with E-state index in [0.717, 1.165) is 36.8 Å². The van der Waals surface area contributed by atoms with Gasteiger partial charge in [-0.25, -0.2) is 0 Å². The molecule has 58 heavy (non-hydrogen) atoms. The molecular weight excluding hydrogens is 741 g/mol. The van der Waals surface area contributed by atoms with Crippen LogP contribution in [-0.2, 0) is 48.2 Å². The summed E-state index contributed by atoms with van der Waals surface area (Å²) in [5.41, 5.74) is 2.71. The Morgan fingerprint density at radius 1 is 0.810 bits per heavy atom. The molecule has 4 fully saturated rings. The second-order valence-corrected chi connectivity index (χ2v) is 15.6. The highest BCUT2D eigenvalue weighted by atomic mass is 16.4. The number of nitrogens with one attached hydrogen (secondary N) is 3. The highest BCUT2D eigenvalue weighted by Gasteiger charge is 2.52. The van der Waals surface area contributed by atoms with Gasteiger partial charge in [0.2, 0.25) is 35.4 Å². The Morgan fingerprint density at radius 3 is 2.16 bits per heavy atom. The highest BCUT2D eigenvalue weighted by Crippen LogP contribution is 2.41. The third kappa shape index (κ3) is 8.80. The van der Waals surface area contributed by atoms with Gasteiger partial charge >= 0.3 is 5.97 Å². The first kappa shape index (κ1) is 39.9. The summed E-state index contributed by atoms with van der Waals surface area (Å²) in [6.07, 6.45) is 3.94. The molecule has 14 heteroatoms. The number of para-hydroxylation sites is 1. The molecule has 0 spiro atoms. The molecule has 1 saturated carbocycles. The minimum absolute atomic E-state index is 0.0488. The van der Waals surface area contributed by atoms with Gasteiger partial charge in [-0.3, -0.25) is 38.1 Å². The zero-order valence-corrected chi connectivity index (χ0v) is 32.3. The van der Waals surface area contributed by atoms with Crippen molar-refractivity contribution >= 4 is 52.3 Å². The second-order valence-electron chi connectivity index (χ2n) is 15.6. The van der Waals surface area contributed by atoms with Crippen molar-refractivity contribution in [3.8, 4) is 0 Å². The fourth-order valence-electron chi connectivity index (χ4n) is 8.79. The molecule has 8 rings (SSSR count). The first-order valence-corrected chi connectivity index (χ1v) is 19.9. The molecular formula is C44H48N6O8. The maximum Gasteiger partial charge on any atom is 0.303 e. The maximum atomic E-state index is 14.5. The fraction of sp³-hybridized carbons (Fsp3) is 0.386. The van der Waals surface area contributed by atoms with Gasteiger partial charge in [0.25, 0.3) is 0 Å². The Hall–Kier alpha value is -6.31. The van der Waals surface area contributed by atoms with Crippen molar-refractivity contribution in [3.63, 3.8) is 0 Å². The number of carbonyl (C=O) groups is 7. The zero-order valence-electron chi connectivity index (χ0n) is 32.3. The Morgan fingerprint density at radius 2 is 1.47 bits per heavy atom. The summed E-state index contributed by atoms with van der Waals surface area (Å²) in [7, 11) is 1.66. The average molecular weight is 789 g/mol. The first-order chi connectivity index (χ1) is 28.0. The smallest absolute Gasteiger partial charge is 0.303 e. The molecule has 4 heterocycles. The van der Waals surface area contributed by atoms with E-state index in [1.165, 1.54) is 15.7 Å². The fourth-order valence-corrected chi connectivity index (χ4v) is 8.79. The number of carboxylic acids is 1. The van der Waals surface area contributed by atoms with Gasteiger partial charge in [0.15, 0.2) is 0 Å². The average Bonchev–Trinajstić information content (AvgIpc) is 3.60. The molecule has 1 aromatic heterocycles. The van der Waals surface area contributed by atoms with Crippen LogP contribution >= 0.6 is 0 Å². The van der Waals surface area contributed by atoms with Gasteiger partial charge in [-0.2, -0.15) is 0 Å². The van der Waals surface area contributed by atoms with Crippen molar-refractivity contribution < 1.29 is 38.7 Å². The number of aromatic nitrogens is 1. The molecule has 0 radical (unpaired) electrons. The van der Waals surface area contributed by atoms with Gasteiger partial charge in [-0.05, 0) is 54.4 Å². The van der Waals surface area contributed by atoms with Crippen molar-refractivity contribution in [3.05, 3.63) is 108 Å². The first-order valence-electron chi connectivity index (χ1n) is 19.9. The van der Waals surface area contributed by atoms with Crippen LogP contribution in [0.4, 0.5) is 0 Å².